The zero-order valence-electron chi connectivity index (χ0n) is 14.4. The number of hydrogen-bond acceptors (Lipinski definition) is 3. The second-order valence-corrected chi connectivity index (χ2v) is 7.24. The largest absolute Gasteiger partial charge is 0.480 e. The summed E-state index contributed by atoms with van der Waals surface area (Å²) in [5, 5.41) is 13.0. The molecule has 0 bridgehead atoms. The quantitative estimate of drug-likeness (QED) is 0.517. The van der Waals surface area contributed by atoms with Crippen LogP contribution in [0.1, 0.15) is 12.0 Å². The van der Waals surface area contributed by atoms with Gasteiger partial charge in [-0.3, -0.25) is 4.79 Å². The maximum absolute atomic E-state index is 12.9. The van der Waals surface area contributed by atoms with E-state index in [9.17, 15) is 19.1 Å². The molecule has 7 heteroatoms. The Balaban J connectivity index is 1.55. The lowest BCUT2D eigenvalue weighted by Crippen LogP contribution is -2.42. The molecule has 3 aromatic rings. The van der Waals surface area contributed by atoms with Gasteiger partial charge < -0.3 is 15.4 Å². The van der Waals surface area contributed by atoms with E-state index in [0.29, 0.717) is 5.75 Å². The SMILES string of the molecule is O=C(CCSc1ccc(F)cc1)N[C@H](Cc1c[nH]c2ccccc12)C(=O)O. The van der Waals surface area contributed by atoms with Crippen LogP contribution < -0.4 is 5.32 Å². The Labute approximate surface area is 160 Å². The van der Waals surface area contributed by atoms with Crippen LogP contribution in [0.4, 0.5) is 4.39 Å². The van der Waals surface area contributed by atoms with Gasteiger partial charge in [-0.2, -0.15) is 0 Å². The first-order valence-electron chi connectivity index (χ1n) is 8.48. The molecule has 1 aromatic heterocycles. The number of carboxylic acid groups (broad SMARTS) is 1. The van der Waals surface area contributed by atoms with Crippen LogP contribution in [0, 0.1) is 5.82 Å². The molecule has 0 saturated carbocycles. The molecule has 0 aliphatic rings. The van der Waals surface area contributed by atoms with E-state index in [-0.39, 0.29) is 24.6 Å². The number of aliphatic carboxylic acids is 1. The van der Waals surface area contributed by atoms with Gasteiger partial charge in [0.2, 0.25) is 5.91 Å². The first-order valence-corrected chi connectivity index (χ1v) is 9.47. The number of amides is 1. The molecule has 0 aliphatic heterocycles. The van der Waals surface area contributed by atoms with Gasteiger partial charge in [-0.1, -0.05) is 18.2 Å². The van der Waals surface area contributed by atoms with Gasteiger partial charge in [-0.05, 0) is 35.9 Å². The number of para-hydroxylation sites is 1. The number of carboxylic acids is 1. The number of halogens is 1. The van der Waals surface area contributed by atoms with Crippen molar-refractivity contribution in [2.24, 2.45) is 0 Å². The average molecular weight is 386 g/mol. The predicted octanol–water partition coefficient (Wildman–Crippen LogP) is 3.60. The number of nitrogens with one attached hydrogen (secondary N) is 2. The molecule has 2 aromatic carbocycles. The van der Waals surface area contributed by atoms with Gasteiger partial charge in [0.1, 0.15) is 11.9 Å². The maximum atomic E-state index is 12.9. The third-order valence-electron chi connectivity index (χ3n) is 4.14. The van der Waals surface area contributed by atoms with Crippen LogP contribution >= 0.6 is 11.8 Å². The molecule has 1 heterocycles. The van der Waals surface area contributed by atoms with E-state index in [4.69, 9.17) is 0 Å². The highest BCUT2D eigenvalue weighted by molar-refractivity contribution is 7.99. The first kappa shape index (κ1) is 19.0. The Bertz CT molecular complexity index is 940. The molecule has 0 aliphatic carbocycles. The average Bonchev–Trinajstić information content (AvgIpc) is 3.06. The van der Waals surface area contributed by atoms with Crippen LogP contribution in [-0.2, 0) is 16.0 Å². The molecule has 5 nitrogen and oxygen atoms in total. The van der Waals surface area contributed by atoms with Gasteiger partial charge in [0, 0.05) is 40.6 Å². The fourth-order valence-electron chi connectivity index (χ4n) is 2.78. The summed E-state index contributed by atoms with van der Waals surface area (Å²) in [6, 6.07) is 12.7. The van der Waals surface area contributed by atoms with Crippen molar-refractivity contribution in [1.82, 2.24) is 10.3 Å². The number of hydrogen-bond donors (Lipinski definition) is 3. The number of aromatic nitrogens is 1. The molecule has 0 fully saturated rings. The van der Waals surface area contributed by atoms with E-state index in [2.05, 4.69) is 10.3 Å². The fraction of sp³-hybridized carbons (Fsp3) is 0.200. The Hall–Kier alpha value is -2.80. The molecule has 1 atom stereocenters. The van der Waals surface area contributed by atoms with Gasteiger partial charge in [0.05, 0.1) is 0 Å². The molecule has 0 spiro atoms. The number of aromatic amines is 1. The summed E-state index contributed by atoms with van der Waals surface area (Å²) in [5.41, 5.74) is 1.78. The second-order valence-electron chi connectivity index (χ2n) is 6.07. The van der Waals surface area contributed by atoms with Crippen molar-refractivity contribution in [3.05, 3.63) is 66.1 Å². The Morgan fingerprint density at radius 2 is 1.89 bits per heavy atom. The number of carbonyl (C=O) groups excluding carboxylic acids is 1. The molecule has 0 saturated heterocycles. The Kier molecular flexibility index (Phi) is 6.13. The minimum atomic E-state index is -1.07. The predicted molar refractivity (Wildman–Crippen MR) is 103 cm³/mol. The molecule has 27 heavy (non-hydrogen) atoms. The minimum Gasteiger partial charge on any atom is -0.480 e. The Morgan fingerprint density at radius 1 is 1.15 bits per heavy atom. The number of H-pyrrole nitrogens is 1. The van der Waals surface area contributed by atoms with Gasteiger partial charge in [0.25, 0.3) is 0 Å². The topological polar surface area (TPSA) is 82.2 Å². The van der Waals surface area contributed by atoms with Crippen molar-refractivity contribution < 1.29 is 19.1 Å². The molecular weight excluding hydrogens is 367 g/mol. The summed E-state index contributed by atoms with van der Waals surface area (Å²) >= 11 is 1.42. The molecule has 1 amide bonds. The maximum Gasteiger partial charge on any atom is 0.326 e. The normalized spacial score (nSPS) is 12.0. The lowest BCUT2D eigenvalue weighted by molar-refractivity contribution is -0.141. The third kappa shape index (κ3) is 5.10. The summed E-state index contributed by atoms with van der Waals surface area (Å²) in [5.74, 6) is -1.22. The third-order valence-corrected chi connectivity index (χ3v) is 5.16. The van der Waals surface area contributed by atoms with E-state index in [1.165, 1.54) is 23.9 Å². The number of carbonyl (C=O) groups is 2. The zero-order valence-corrected chi connectivity index (χ0v) is 15.3. The van der Waals surface area contributed by atoms with Gasteiger partial charge in [-0.25, -0.2) is 9.18 Å². The smallest absolute Gasteiger partial charge is 0.326 e. The fourth-order valence-corrected chi connectivity index (χ4v) is 3.63. The van der Waals surface area contributed by atoms with Crippen molar-refractivity contribution in [3.63, 3.8) is 0 Å². The van der Waals surface area contributed by atoms with E-state index >= 15 is 0 Å². The monoisotopic (exact) mass is 386 g/mol. The second kappa shape index (κ2) is 8.73. The lowest BCUT2D eigenvalue weighted by atomic mass is 10.0. The summed E-state index contributed by atoms with van der Waals surface area (Å²) in [7, 11) is 0. The summed E-state index contributed by atoms with van der Waals surface area (Å²) in [4.78, 5) is 27.7. The standard InChI is InChI=1S/C20H19FN2O3S/c21-14-5-7-15(8-6-14)27-10-9-19(24)23-18(20(25)26)11-13-12-22-17-4-2-1-3-16(13)17/h1-8,12,18,22H,9-11H2,(H,23,24)(H,25,26)/t18-/m1/s1. The van der Waals surface area contributed by atoms with Crippen molar-refractivity contribution in [2.45, 2.75) is 23.8 Å². The molecule has 0 unspecified atom stereocenters. The summed E-state index contributed by atoms with van der Waals surface area (Å²) in [6.07, 6.45) is 2.16. The Morgan fingerprint density at radius 3 is 2.63 bits per heavy atom. The molecule has 3 rings (SSSR count). The molecule has 140 valence electrons. The van der Waals surface area contributed by atoms with Crippen molar-refractivity contribution in [3.8, 4) is 0 Å². The first-order chi connectivity index (χ1) is 13.0. The van der Waals surface area contributed by atoms with Gasteiger partial charge >= 0.3 is 5.97 Å². The van der Waals surface area contributed by atoms with E-state index in [1.54, 1.807) is 18.3 Å². The number of rotatable bonds is 8. The van der Waals surface area contributed by atoms with Crippen LogP contribution in [-0.4, -0.2) is 33.8 Å². The molecular formula is C20H19FN2O3S. The number of benzene rings is 2. The van der Waals surface area contributed by atoms with Crippen LogP contribution in [0.15, 0.2) is 59.6 Å². The zero-order chi connectivity index (χ0) is 19.2. The molecule has 0 radical (unpaired) electrons. The number of fused-ring (bicyclic) bond motifs is 1. The highest BCUT2D eigenvalue weighted by atomic mass is 32.2. The van der Waals surface area contributed by atoms with Crippen molar-refractivity contribution in [1.29, 1.82) is 0 Å². The van der Waals surface area contributed by atoms with Crippen LogP contribution in [0.5, 0.6) is 0 Å². The van der Waals surface area contributed by atoms with E-state index < -0.39 is 12.0 Å². The minimum absolute atomic E-state index is 0.180. The van der Waals surface area contributed by atoms with Crippen LogP contribution in [0.25, 0.3) is 10.9 Å². The van der Waals surface area contributed by atoms with Crippen molar-refractivity contribution in [2.75, 3.05) is 5.75 Å². The highest BCUT2D eigenvalue weighted by Crippen LogP contribution is 2.20. The number of thioether (sulfide) groups is 1. The lowest BCUT2D eigenvalue weighted by Gasteiger charge is -2.14. The summed E-state index contributed by atoms with van der Waals surface area (Å²) in [6.45, 7) is 0. The van der Waals surface area contributed by atoms with E-state index in [1.807, 2.05) is 24.3 Å². The van der Waals surface area contributed by atoms with E-state index in [0.717, 1.165) is 21.4 Å². The van der Waals surface area contributed by atoms with Gasteiger partial charge in [-0.15, -0.1) is 11.8 Å². The van der Waals surface area contributed by atoms with Gasteiger partial charge in [0.15, 0.2) is 0 Å². The van der Waals surface area contributed by atoms with Crippen LogP contribution in [0.3, 0.4) is 0 Å². The molecule has 3 N–H and O–H groups in total. The van der Waals surface area contributed by atoms with Crippen LogP contribution in [0.2, 0.25) is 0 Å². The van der Waals surface area contributed by atoms with Crippen molar-refractivity contribution >= 4 is 34.5 Å². The highest BCUT2D eigenvalue weighted by Gasteiger charge is 2.21. The summed E-state index contributed by atoms with van der Waals surface area (Å²) < 4.78 is 12.9.